The lowest BCUT2D eigenvalue weighted by Gasteiger charge is -2.23. The first kappa shape index (κ1) is 13.9. The number of hydrogen-bond donors (Lipinski definition) is 1. The van der Waals surface area contributed by atoms with Gasteiger partial charge in [-0.3, -0.25) is 9.78 Å². The Kier molecular flexibility index (Phi) is 3.80. The summed E-state index contributed by atoms with van der Waals surface area (Å²) in [5.74, 6) is -0.0458. The Morgan fingerprint density at radius 1 is 1.38 bits per heavy atom. The molecule has 1 aliphatic rings. The number of pyridine rings is 1. The van der Waals surface area contributed by atoms with Crippen LogP contribution in [-0.2, 0) is 6.54 Å². The van der Waals surface area contributed by atoms with Gasteiger partial charge in [-0.25, -0.2) is 0 Å². The van der Waals surface area contributed by atoms with Crippen molar-refractivity contribution < 1.29 is 4.79 Å². The molecule has 0 atom stereocenters. The molecule has 0 bridgehead atoms. The third kappa shape index (κ3) is 3.16. The van der Waals surface area contributed by atoms with Gasteiger partial charge in [-0.2, -0.15) is 0 Å². The zero-order chi connectivity index (χ0) is 14.8. The Morgan fingerprint density at radius 2 is 2.19 bits per heavy atom. The largest absolute Gasteiger partial charge is 0.398 e. The lowest BCUT2D eigenvalue weighted by Crippen LogP contribution is -2.33. The smallest absolute Gasteiger partial charge is 0.256 e. The SMILES string of the molecule is Nc1cc(Cl)ccc1C(=O)N(Cc1cccnc1)C1CC1. The lowest BCUT2D eigenvalue weighted by atomic mass is 10.1. The summed E-state index contributed by atoms with van der Waals surface area (Å²) in [6.07, 6.45) is 5.59. The van der Waals surface area contributed by atoms with E-state index in [9.17, 15) is 4.79 Å². The van der Waals surface area contributed by atoms with Gasteiger partial charge < -0.3 is 10.6 Å². The van der Waals surface area contributed by atoms with Crippen molar-refractivity contribution >= 4 is 23.2 Å². The average molecular weight is 302 g/mol. The van der Waals surface area contributed by atoms with Gasteiger partial charge in [-0.05, 0) is 42.7 Å². The van der Waals surface area contributed by atoms with Crippen LogP contribution in [0.1, 0.15) is 28.8 Å². The van der Waals surface area contributed by atoms with Crippen LogP contribution in [0.3, 0.4) is 0 Å². The minimum Gasteiger partial charge on any atom is -0.398 e. The molecule has 0 radical (unpaired) electrons. The normalized spacial score (nSPS) is 14.0. The molecule has 2 aromatic rings. The van der Waals surface area contributed by atoms with Crippen LogP contribution in [-0.4, -0.2) is 21.8 Å². The van der Waals surface area contributed by atoms with E-state index in [2.05, 4.69) is 4.98 Å². The fraction of sp³-hybridized carbons (Fsp3) is 0.250. The highest BCUT2D eigenvalue weighted by molar-refractivity contribution is 6.31. The second-order valence-corrected chi connectivity index (χ2v) is 5.69. The van der Waals surface area contributed by atoms with Crippen LogP contribution >= 0.6 is 11.6 Å². The highest BCUT2D eigenvalue weighted by atomic mass is 35.5. The highest BCUT2D eigenvalue weighted by Gasteiger charge is 2.33. The Bertz CT molecular complexity index is 656. The summed E-state index contributed by atoms with van der Waals surface area (Å²) < 4.78 is 0. The number of carbonyl (C=O) groups is 1. The van der Waals surface area contributed by atoms with Gasteiger partial charge in [0.05, 0.1) is 5.56 Å². The molecular formula is C16H16ClN3O. The average Bonchev–Trinajstić information content (AvgIpc) is 3.30. The van der Waals surface area contributed by atoms with E-state index in [0.29, 0.717) is 28.9 Å². The van der Waals surface area contributed by atoms with Crippen LogP contribution < -0.4 is 5.73 Å². The van der Waals surface area contributed by atoms with Crippen LogP contribution in [0.2, 0.25) is 5.02 Å². The van der Waals surface area contributed by atoms with Crippen LogP contribution in [0.4, 0.5) is 5.69 Å². The number of amides is 1. The second-order valence-electron chi connectivity index (χ2n) is 5.26. The summed E-state index contributed by atoms with van der Waals surface area (Å²) >= 11 is 5.89. The van der Waals surface area contributed by atoms with Gasteiger partial charge in [0.15, 0.2) is 0 Å². The minimum atomic E-state index is -0.0458. The first-order chi connectivity index (χ1) is 10.1. The monoisotopic (exact) mass is 301 g/mol. The molecule has 21 heavy (non-hydrogen) atoms. The zero-order valence-electron chi connectivity index (χ0n) is 11.5. The van der Waals surface area contributed by atoms with E-state index in [1.807, 2.05) is 17.0 Å². The molecule has 0 aliphatic heterocycles. The third-order valence-corrected chi connectivity index (χ3v) is 3.80. The van der Waals surface area contributed by atoms with E-state index >= 15 is 0 Å². The number of carbonyl (C=O) groups excluding carboxylic acids is 1. The van der Waals surface area contributed by atoms with Crippen molar-refractivity contribution in [1.29, 1.82) is 0 Å². The fourth-order valence-electron chi connectivity index (χ4n) is 2.32. The number of anilines is 1. The number of halogens is 1. The first-order valence-electron chi connectivity index (χ1n) is 6.90. The van der Waals surface area contributed by atoms with E-state index in [1.54, 1.807) is 30.6 Å². The van der Waals surface area contributed by atoms with E-state index < -0.39 is 0 Å². The summed E-state index contributed by atoms with van der Waals surface area (Å²) in [5, 5.41) is 0.536. The van der Waals surface area contributed by atoms with Gasteiger partial charge >= 0.3 is 0 Å². The van der Waals surface area contributed by atoms with Gasteiger partial charge in [0, 0.05) is 35.7 Å². The fourth-order valence-corrected chi connectivity index (χ4v) is 2.50. The zero-order valence-corrected chi connectivity index (χ0v) is 12.3. The molecule has 108 valence electrons. The molecule has 0 spiro atoms. The number of nitrogens with zero attached hydrogens (tertiary/aromatic N) is 2. The maximum absolute atomic E-state index is 12.7. The van der Waals surface area contributed by atoms with Crippen LogP contribution in [0, 0.1) is 0 Å². The van der Waals surface area contributed by atoms with E-state index in [0.717, 1.165) is 18.4 Å². The van der Waals surface area contributed by atoms with Gasteiger partial charge in [0.2, 0.25) is 0 Å². The highest BCUT2D eigenvalue weighted by Crippen LogP contribution is 2.31. The number of benzene rings is 1. The Labute approximate surface area is 128 Å². The second kappa shape index (κ2) is 5.74. The first-order valence-corrected chi connectivity index (χ1v) is 7.28. The number of aromatic nitrogens is 1. The number of nitrogen functional groups attached to an aromatic ring is 1. The molecule has 5 heteroatoms. The Balaban J connectivity index is 1.85. The van der Waals surface area contributed by atoms with Crippen molar-refractivity contribution in [1.82, 2.24) is 9.88 Å². The van der Waals surface area contributed by atoms with Gasteiger partial charge in [-0.15, -0.1) is 0 Å². The number of nitrogens with two attached hydrogens (primary N) is 1. The molecule has 2 N–H and O–H groups in total. The molecule has 1 aliphatic carbocycles. The lowest BCUT2D eigenvalue weighted by molar-refractivity contribution is 0.0731. The van der Waals surface area contributed by atoms with Crippen molar-refractivity contribution in [2.75, 3.05) is 5.73 Å². The van der Waals surface area contributed by atoms with Crippen LogP contribution in [0.25, 0.3) is 0 Å². The summed E-state index contributed by atoms with van der Waals surface area (Å²) in [6, 6.07) is 9.15. The third-order valence-electron chi connectivity index (χ3n) is 3.57. The summed E-state index contributed by atoms with van der Waals surface area (Å²) in [4.78, 5) is 18.7. The molecular weight excluding hydrogens is 286 g/mol. The van der Waals surface area contributed by atoms with Crippen molar-refractivity contribution in [2.24, 2.45) is 0 Å². The molecule has 0 saturated heterocycles. The minimum absolute atomic E-state index is 0.0458. The molecule has 1 amide bonds. The van der Waals surface area contributed by atoms with Gasteiger partial charge in [-0.1, -0.05) is 17.7 Å². The number of rotatable bonds is 4. The molecule has 4 nitrogen and oxygen atoms in total. The molecule has 3 rings (SSSR count). The summed E-state index contributed by atoms with van der Waals surface area (Å²) in [7, 11) is 0. The van der Waals surface area contributed by atoms with Crippen LogP contribution in [0.5, 0.6) is 0 Å². The molecule has 1 fully saturated rings. The Morgan fingerprint density at radius 3 is 2.81 bits per heavy atom. The maximum Gasteiger partial charge on any atom is 0.256 e. The predicted octanol–water partition coefficient (Wildman–Crippen LogP) is 3.12. The molecule has 1 aromatic heterocycles. The van der Waals surface area contributed by atoms with Crippen molar-refractivity contribution in [3.05, 3.63) is 58.9 Å². The maximum atomic E-state index is 12.7. The number of hydrogen-bond acceptors (Lipinski definition) is 3. The van der Waals surface area contributed by atoms with Crippen molar-refractivity contribution in [2.45, 2.75) is 25.4 Å². The molecule has 0 unspecified atom stereocenters. The van der Waals surface area contributed by atoms with Crippen molar-refractivity contribution in [3.8, 4) is 0 Å². The molecule has 1 aromatic carbocycles. The van der Waals surface area contributed by atoms with Crippen LogP contribution in [0.15, 0.2) is 42.7 Å². The van der Waals surface area contributed by atoms with Crippen molar-refractivity contribution in [3.63, 3.8) is 0 Å². The van der Waals surface area contributed by atoms with E-state index in [-0.39, 0.29) is 5.91 Å². The van der Waals surface area contributed by atoms with E-state index in [4.69, 9.17) is 17.3 Å². The van der Waals surface area contributed by atoms with Gasteiger partial charge in [0.25, 0.3) is 5.91 Å². The molecule has 1 saturated carbocycles. The summed E-state index contributed by atoms with van der Waals surface area (Å²) in [5.41, 5.74) is 7.88. The Hall–Kier alpha value is -2.07. The quantitative estimate of drug-likeness (QED) is 0.883. The standard InChI is InChI=1S/C16H16ClN3O/c17-12-3-6-14(15(18)8-12)16(21)20(13-4-5-13)10-11-2-1-7-19-9-11/h1-3,6-9,13H,4-5,10,18H2. The molecule has 1 heterocycles. The topological polar surface area (TPSA) is 59.2 Å². The summed E-state index contributed by atoms with van der Waals surface area (Å²) in [6.45, 7) is 0.555. The van der Waals surface area contributed by atoms with E-state index in [1.165, 1.54) is 0 Å². The van der Waals surface area contributed by atoms with Gasteiger partial charge in [0.1, 0.15) is 0 Å². The predicted molar refractivity (Wildman–Crippen MR) is 83.0 cm³/mol.